The lowest BCUT2D eigenvalue weighted by molar-refractivity contribution is 0.794. The highest BCUT2D eigenvalue weighted by molar-refractivity contribution is 6.16. The van der Waals surface area contributed by atoms with E-state index in [2.05, 4.69) is 162 Å². The third-order valence-corrected chi connectivity index (χ3v) is 11.9. The molecule has 2 aromatic heterocycles. The Hall–Kier alpha value is -7.43. The summed E-state index contributed by atoms with van der Waals surface area (Å²) in [5.74, 6) is 1.96. The summed E-state index contributed by atoms with van der Waals surface area (Å²) in [6.45, 7) is 0. The van der Waals surface area contributed by atoms with Crippen molar-refractivity contribution >= 4 is 21.8 Å². The van der Waals surface area contributed by atoms with Gasteiger partial charge in [0.1, 0.15) is 0 Å². The zero-order valence-corrected chi connectivity index (χ0v) is 30.3. The molecule has 0 N–H and O–H groups in total. The minimum Gasteiger partial charge on any atom is -0.309 e. The summed E-state index contributed by atoms with van der Waals surface area (Å²) < 4.78 is 2.47. The smallest absolute Gasteiger partial charge is 0.164 e. The van der Waals surface area contributed by atoms with E-state index in [1.54, 1.807) is 0 Å². The van der Waals surface area contributed by atoms with Crippen LogP contribution in [0.3, 0.4) is 0 Å². The summed E-state index contributed by atoms with van der Waals surface area (Å²) >= 11 is 0. The molecule has 56 heavy (non-hydrogen) atoms. The Labute approximate surface area is 324 Å². The van der Waals surface area contributed by atoms with Crippen molar-refractivity contribution in [3.05, 3.63) is 216 Å². The number of fused-ring (bicyclic) bond motifs is 14. The van der Waals surface area contributed by atoms with E-state index in [4.69, 9.17) is 15.0 Å². The van der Waals surface area contributed by atoms with Crippen molar-refractivity contribution in [2.24, 2.45) is 0 Å². The van der Waals surface area contributed by atoms with Crippen LogP contribution in [0.15, 0.2) is 194 Å². The molecule has 0 radical (unpaired) electrons. The molecule has 1 unspecified atom stereocenters. The van der Waals surface area contributed by atoms with Crippen LogP contribution >= 0.6 is 0 Å². The molecule has 8 aromatic carbocycles. The summed E-state index contributed by atoms with van der Waals surface area (Å²) in [6, 6.07) is 69.6. The van der Waals surface area contributed by atoms with Crippen molar-refractivity contribution < 1.29 is 0 Å². The maximum Gasteiger partial charge on any atom is 0.164 e. The molecule has 0 aliphatic heterocycles. The van der Waals surface area contributed by atoms with Crippen LogP contribution in [0.25, 0.3) is 83.9 Å². The van der Waals surface area contributed by atoms with Crippen LogP contribution in [0.5, 0.6) is 0 Å². The molecular formula is C52H32N4. The molecule has 0 fully saturated rings. The van der Waals surface area contributed by atoms with Crippen molar-refractivity contribution in [3.8, 4) is 62.1 Å². The molecule has 4 nitrogen and oxygen atoms in total. The summed E-state index contributed by atoms with van der Waals surface area (Å²) in [5.41, 5.74) is 16.1. The molecule has 2 aliphatic rings. The van der Waals surface area contributed by atoms with E-state index in [-0.39, 0.29) is 0 Å². The maximum absolute atomic E-state index is 5.16. The third-order valence-electron chi connectivity index (χ3n) is 11.9. The number of rotatable bonds is 4. The molecule has 0 amide bonds. The van der Waals surface area contributed by atoms with Gasteiger partial charge in [-0.1, -0.05) is 170 Å². The highest BCUT2D eigenvalue weighted by atomic mass is 15.0. The van der Waals surface area contributed by atoms with Crippen LogP contribution in [-0.4, -0.2) is 19.5 Å². The predicted molar refractivity (Wildman–Crippen MR) is 227 cm³/mol. The van der Waals surface area contributed by atoms with Crippen molar-refractivity contribution in [3.63, 3.8) is 0 Å². The van der Waals surface area contributed by atoms with Crippen LogP contribution < -0.4 is 0 Å². The highest BCUT2D eigenvalue weighted by Gasteiger charge is 2.52. The maximum atomic E-state index is 5.16. The number of hydrogen-bond donors (Lipinski definition) is 0. The van der Waals surface area contributed by atoms with E-state index in [1.807, 2.05) is 36.4 Å². The van der Waals surface area contributed by atoms with Crippen molar-refractivity contribution in [1.82, 2.24) is 19.5 Å². The summed E-state index contributed by atoms with van der Waals surface area (Å²) in [7, 11) is 0. The SMILES string of the molecule is c1ccc(-c2nc(-c3ccccc3)nc(-c3ccc4c(c3)C3(c5ccccc5-4)c4ccccc4-c4c3ccc3c5ccccc5n(-c5ccccc5)c43)n2)cc1. The molecule has 0 bridgehead atoms. The van der Waals surface area contributed by atoms with Gasteiger partial charge in [-0.2, -0.15) is 0 Å². The topological polar surface area (TPSA) is 43.6 Å². The van der Waals surface area contributed by atoms with Crippen LogP contribution in [0.2, 0.25) is 0 Å². The molecule has 12 rings (SSSR count). The van der Waals surface area contributed by atoms with Gasteiger partial charge in [0, 0.05) is 38.7 Å². The lowest BCUT2D eigenvalue weighted by Gasteiger charge is -2.30. The Bertz CT molecular complexity index is 3130. The van der Waals surface area contributed by atoms with Crippen LogP contribution in [0.1, 0.15) is 22.3 Å². The van der Waals surface area contributed by atoms with Gasteiger partial charge in [0.05, 0.1) is 16.4 Å². The van der Waals surface area contributed by atoms with Gasteiger partial charge in [-0.25, -0.2) is 15.0 Å². The summed E-state index contributed by atoms with van der Waals surface area (Å²) in [6.07, 6.45) is 0. The Morgan fingerprint density at radius 3 is 1.59 bits per heavy atom. The number of benzene rings is 8. The van der Waals surface area contributed by atoms with E-state index in [9.17, 15) is 0 Å². The zero-order chi connectivity index (χ0) is 36.8. The third kappa shape index (κ3) is 4.21. The summed E-state index contributed by atoms with van der Waals surface area (Å²) in [4.78, 5) is 15.3. The standard InChI is InChI=1S/C52H32N4/c1-4-16-33(17-5-1)49-53-50(34-18-6-2-7-19-34)55-51(54-49)35-28-29-38-37-22-10-13-25-42(37)52(45(38)32-35)43-26-14-11-24-41(43)47-44(52)31-30-40-39-23-12-15-27-46(39)56(48(40)47)36-20-8-3-9-21-36/h1-32H. The molecule has 4 heteroatoms. The normalized spacial score (nSPS) is 14.9. The zero-order valence-electron chi connectivity index (χ0n) is 30.3. The van der Waals surface area contributed by atoms with Gasteiger partial charge in [0.25, 0.3) is 0 Å². The molecule has 260 valence electrons. The Morgan fingerprint density at radius 1 is 0.357 bits per heavy atom. The van der Waals surface area contributed by atoms with Crippen LogP contribution in [0.4, 0.5) is 0 Å². The second-order valence-corrected chi connectivity index (χ2v) is 14.7. The lowest BCUT2D eigenvalue weighted by atomic mass is 9.70. The van der Waals surface area contributed by atoms with Crippen molar-refractivity contribution in [2.75, 3.05) is 0 Å². The van der Waals surface area contributed by atoms with E-state index in [0.29, 0.717) is 17.5 Å². The largest absolute Gasteiger partial charge is 0.309 e. The minimum absolute atomic E-state index is 0.558. The number of aromatic nitrogens is 4. The quantitative estimate of drug-likeness (QED) is 0.182. The fourth-order valence-corrected chi connectivity index (χ4v) is 9.60. The van der Waals surface area contributed by atoms with Crippen molar-refractivity contribution in [1.29, 1.82) is 0 Å². The first-order valence-corrected chi connectivity index (χ1v) is 19.1. The molecule has 10 aromatic rings. The Morgan fingerprint density at radius 2 is 0.893 bits per heavy atom. The van der Waals surface area contributed by atoms with Gasteiger partial charge in [-0.3, -0.25) is 0 Å². The van der Waals surface area contributed by atoms with Crippen LogP contribution in [-0.2, 0) is 5.41 Å². The van der Waals surface area contributed by atoms with Gasteiger partial charge >= 0.3 is 0 Å². The first-order valence-electron chi connectivity index (χ1n) is 19.1. The average Bonchev–Trinajstić information content (AvgIpc) is 3.89. The van der Waals surface area contributed by atoms with E-state index >= 15 is 0 Å². The van der Waals surface area contributed by atoms with E-state index in [0.717, 1.165) is 22.4 Å². The second kappa shape index (κ2) is 11.8. The molecule has 1 atom stereocenters. The highest BCUT2D eigenvalue weighted by Crippen LogP contribution is 2.64. The molecule has 0 saturated carbocycles. The van der Waals surface area contributed by atoms with E-state index in [1.165, 1.54) is 66.3 Å². The first-order chi connectivity index (χ1) is 27.8. The van der Waals surface area contributed by atoms with Gasteiger partial charge in [0.2, 0.25) is 0 Å². The monoisotopic (exact) mass is 712 g/mol. The summed E-state index contributed by atoms with van der Waals surface area (Å²) in [5, 5.41) is 2.50. The lowest BCUT2D eigenvalue weighted by Crippen LogP contribution is -2.26. The van der Waals surface area contributed by atoms with Gasteiger partial charge in [-0.15, -0.1) is 0 Å². The molecule has 1 spiro atoms. The molecule has 2 aliphatic carbocycles. The Kier molecular flexibility index (Phi) is 6.52. The second-order valence-electron chi connectivity index (χ2n) is 14.7. The number of hydrogen-bond acceptors (Lipinski definition) is 3. The average molecular weight is 713 g/mol. The van der Waals surface area contributed by atoms with Gasteiger partial charge in [0.15, 0.2) is 17.5 Å². The minimum atomic E-state index is -0.558. The van der Waals surface area contributed by atoms with Crippen molar-refractivity contribution in [2.45, 2.75) is 5.41 Å². The van der Waals surface area contributed by atoms with Crippen LogP contribution in [0, 0.1) is 0 Å². The molecular weight excluding hydrogens is 681 g/mol. The van der Waals surface area contributed by atoms with E-state index < -0.39 is 5.41 Å². The molecule has 2 heterocycles. The predicted octanol–water partition coefficient (Wildman–Crippen LogP) is 12.3. The van der Waals surface area contributed by atoms with Gasteiger partial charge in [-0.05, 0) is 63.2 Å². The first kappa shape index (κ1) is 31.0. The van der Waals surface area contributed by atoms with Gasteiger partial charge < -0.3 is 4.57 Å². The number of para-hydroxylation sites is 2. The fraction of sp³-hybridized carbons (Fsp3) is 0.0192. The fourth-order valence-electron chi connectivity index (χ4n) is 9.60. The Balaban J connectivity index is 1.17. The number of nitrogens with zero attached hydrogens (tertiary/aromatic N) is 4. The molecule has 0 saturated heterocycles.